The monoisotopic (exact) mass is 412 g/mol. The van der Waals surface area contributed by atoms with Gasteiger partial charge >= 0.3 is 0 Å². The largest absolute Gasteiger partial charge is 0.392 e. The second-order valence-electron chi connectivity index (χ2n) is 11.2. The average molecular weight is 413 g/mol. The zero-order valence-corrected chi connectivity index (χ0v) is 20.2. The van der Waals surface area contributed by atoms with Crippen LogP contribution in [0.15, 0.2) is 47.6 Å². The van der Waals surface area contributed by atoms with Crippen LogP contribution in [0.5, 0.6) is 0 Å². The molecule has 0 aliphatic heterocycles. The van der Waals surface area contributed by atoms with Gasteiger partial charge in [0.25, 0.3) is 0 Å². The molecule has 0 spiro atoms. The van der Waals surface area contributed by atoms with Gasteiger partial charge in [0, 0.05) is 11.8 Å². The number of aliphatic hydroxyl groups is 2. The molecule has 2 saturated carbocycles. The van der Waals surface area contributed by atoms with Crippen LogP contribution in [0, 0.1) is 34.5 Å². The zero-order chi connectivity index (χ0) is 22.4. The topological polar surface area (TPSA) is 40.5 Å². The van der Waals surface area contributed by atoms with E-state index in [1.54, 1.807) is 0 Å². The summed E-state index contributed by atoms with van der Waals surface area (Å²) in [4.78, 5) is 0. The standard InChI is InChI=1S/2C14H22O/c2*1-9(2)14-6-5-10(3)12(8-14)13(15)7-11(14)4/h2*5,11-13,15H,1,6-8H2,2-4H3/t11-,12-,13+,14-;11-,12-,13-,14-/m11/s1. The maximum absolute atomic E-state index is 10.1. The van der Waals surface area contributed by atoms with Crippen molar-refractivity contribution in [3.63, 3.8) is 0 Å². The predicted octanol–water partition coefficient (Wildman–Crippen LogP) is 6.61. The van der Waals surface area contributed by atoms with Gasteiger partial charge in [-0.1, -0.05) is 61.4 Å². The Morgan fingerprint density at radius 2 is 1.13 bits per heavy atom. The molecule has 2 heteroatoms. The third-order valence-corrected chi connectivity index (χ3v) is 9.62. The molecule has 2 fully saturated rings. The van der Waals surface area contributed by atoms with Crippen LogP contribution in [0.4, 0.5) is 0 Å². The van der Waals surface area contributed by atoms with E-state index in [1.807, 2.05) is 0 Å². The number of aliphatic hydroxyl groups excluding tert-OH is 2. The lowest BCUT2D eigenvalue weighted by Crippen LogP contribution is -2.45. The van der Waals surface area contributed by atoms with Crippen LogP contribution in [-0.4, -0.2) is 22.4 Å². The van der Waals surface area contributed by atoms with Gasteiger partial charge in [0.1, 0.15) is 0 Å². The Labute approximate surface area is 184 Å². The molecule has 0 amide bonds. The quantitative estimate of drug-likeness (QED) is 0.501. The molecule has 0 heterocycles. The molecule has 0 saturated heterocycles. The molecule has 30 heavy (non-hydrogen) atoms. The minimum Gasteiger partial charge on any atom is -0.392 e. The highest BCUT2D eigenvalue weighted by Crippen LogP contribution is 2.56. The SMILES string of the molecule is C=C(C)[C@@]12CC=C(C)[C@@H](C1)[C@@H](O)C[C@H]2C.C=C(C)[C@@]12CC=C(C)[C@@H](C1)[C@H](O)C[C@H]2C. The van der Waals surface area contributed by atoms with Crippen molar-refractivity contribution in [1.29, 1.82) is 0 Å². The van der Waals surface area contributed by atoms with Crippen LogP contribution >= 0.6 is 0 Å². The van der Waals surface area contributed by atoms with E-state index in [2.05, 4.69) is 66.9 Å². The maximum Gasteiger partial charge on any atom is 0.0608 e. The molecular formula is C28H44O2. The molecular weight excluding hydrogens is 368 g/mol. The average Bonchev–Trinajstić information content (AvgIpc) is 2.67. The fraction of sp³-hybridized carbons (Fsp3) is 0.714. The van der Waals surface area contributed by atoms with Gasteiger partial charge in [-0.2, -0.15) is 0 Å². The van der Waals surface area contributed by atoms with Crippen LogP contribution in [0.1, 0.15) is 80.1 Å². The van der Waals surface area contributed by atoms with Crippen molar-refractivity contribution in [2.75, 3.05) is 0 Å². The highest BCUT2D eigenvalue weighted by Gasteiger charge is 2.48. The first-order chi connectivity index (χ1) is 13.9. The molecule has 0 aromatic heterocycles. The molecule has 2 N–H and O–H groups in total. The minimum absolute atomic E-state index is 0.135. The van der Waals surface area contributed by atoms with Gasteiger partial charge in [0.2, 0.25) is 0 Å². The summed E-state index contributed by atoms with van der Waals surface area (Å²) in [5.41, 5.74) is 5.90. The van der Waals surface area contributed by atoms with Gasteiger partial charge in [0.05, 0.1) is 12.2 Å². The maximum atomic E-state index is 10.1. The van der Waals surface area contributed by atoms with E-state index in [4.69, 9.17) is 0 Å². The van der Waals surface area contributed by atoms with Crippen LogP contribution in [-0.2, 0) is 0 Å². The van der Waals surface area contributed by atoms with Crippen molar-refractivity contribution in [1.82, 2.24) is 0 Å². The molecule has 168 valence electrons. The summed E-state index contributed by atoms with van der Waals surface area (Å²) < 4.78 is 0. The second-order valence-corrected chi connectivity index (χ2v) is 11.2. The molecule has 2 nitrogen and oxygen atoms in total. The molecule has 8 atom stereocenters. The third-order valence-electron chi connectivity index (χ3n) is 9.62. The summed E-state index contributed by atoms with van der Waals surface area (Å²) >= 11 is 0. The van der Waals surface area contributed by atoms with Crippen molar-refractivity contribution in [2.24, 2.45) is 34.5 Å². The first-order valence-electron chi connectivity index (χ1n) is 12.0. The summed E-state index contributed by atoms with van der Waals surface area (Å²) in [6, 6.07) is 0. The summed E-state index contributed by atoms with van der Waals surface area (Å²) in [5, 5.41) is 20.2. The molecule has 0 radical (unpaired) electrons. The van der Waals surface area contributed by atoms with E-state index < -0.39 is 0 Å². The van der Waals surface area contributed by atoms with Crippen LogP contribution in [0.25, 0.3) is 0 Å². The van der Waals surface area contributed by atoms with E-state index in [1.165, 1.54) is 22.3 Å². The third kappa shape index (κ3) is 3.79. The Balaban J connectivity index is 0.000000171. The van der Waals surface area contributed by atoms with Crippen molar-refractivity contribution < 1.29 is 10.2 Å². The Bertz CT molecular complexity index is 695. The van der Waals surface area contributed by atoms with Gasteiger partial charge in [-0.15, -0.1) is 0 Å². The lowest BCUT2D eigenvalue weighted by molar-refractivity contribution is -0.00614. The first-order valence-corrected chi connectivity index (χ1v) is 12.0. The summed E-state index contributed by atoms with van der Waals surface area (Å²) in [5.74, 6) is 1.88. The normalized spacial score (nSPS) is 44.8. The molecule has 4 bridgehead atoms. The Kier molecular flexibility index (Phi) is 6.62. The fourth-order valence-corrected chi connectivity index (χ4v) is 6.99. The predicted molar refractivity (Wildman–Crippen MR) is 127 cm³/mol. The lowest BCUT2D eigenvalue weighted by Gasteiger charge is -2.51. The Morgan fingerprint density at radius 3 is 1.43 bits per heavy atom. The van der Waals surface area contributed by atoms with Gasteiger partial charge in [-0.05, 0) is 88.9 Å². The molecule has 4 aliphatic rings. The zero-order valence-electron chi connectivity index (χ0n) is 20.2. The Hall–Kier alpha value is -1.12. The van der Waals surface area contributed by atoms with Crippen LogP contribution in [0.2, 0.25) is 0 Å². The van der Waals surface area contributed by atoms with E-state index in [0.29, 0.717) is 23.7 Å². The van der Waals surface area contributed by atoms with Gasteiger partial charge in [-0.25, -0.2) is 0 Å². The van der Waals surface area contributed by atoms with Crippen molar-refractivity contribution in [3.05, 3.63) is 47.6 Å². The van der Waals surface area contributed by atoms with Crippen molar-refractivity contribution in [2.45, 2.75) is 92.3 Å². The molecule has 0 aromatic rings. The van der Waals surface area contributed by atoms with E-state index in [-0.39, 0.29) is 23.0 Å². The van der Waals surface area contributed by atoms with Crippen LogP contribution in [0.3, 0.4) is 0 Å². The molecule has 4 rings (SSSR count). The van der Waals surface area contributed by atoms with Gasteiger partial charge in [-0.3, -0.25) is 0 Å². The minimum atomic E-state index is -0.135. The van der Waals surface area contributed by atoms with Crippen molar-refractivity contribution in [3.8, 4) is 0 Å². The first kappa shape index (κ1) is 23.5. The van der Waals surface area contributed by atoms with Gasteiger partial charge < -0.3 is 10.2 Å². The summed E-state index contributed by atoms with van der Waals surface area (Å²) in [7, 11) is 0. The summed E-state index contributed by atoms with van der Waals surface area (Å²) in [6.07, 6.45) is 10.7. The lowest BCUT2D eigenvalue weighted by atomic mass is 9.54. The second kappa shape index (κ2) is 8.43. The molecule has 4 aliphatic carbocycles. The van der Waals surface area contributed by atoms with Gasteiger partial charge in [0.15, 0.2) is 0 Å². The highest BCUT2D eigenvalue weighted by molar-refractivity contribution is 5.25. The van der Waals surface area contributed by atoms with E-state index >= 15 is 0 Å². The number of allylic oxidation sites excluding steroid dienone is 4. The van der Waals surface area contributed by atoms with Crippen LogP contribution < -0.4 is 0 Å². The number of fused-ring (bicyclic) bond motifs is 4. The molecule has 0 unspecified atom stereocenters. The van der Waals surface area contributed by atoms with Crippen molar-refractivity contribution >= 4 is 0 Å². The van der Waals surface area contributed by atoms with E-state index in [9.17, 15) is 10.2 Å². The summed E-state index contributed by atoms with van der Waals surface area (Å²) in [6.45, 7) is 21.5. The number of hydrogen-bond acceptors (Lipinski definition) is 2. The fourth-order valence-electron chi connectivity index (χ4n) is 6.99. The number of hydrogen-bond donors (Lipinski definition) is 2. The Morgan fingerprint density at radius 1 is 0.800 bits per heavy atom. The smallest absolute Gasteiger partial charge is 0.0608 e. The van der Waals surface area contributed by atoms with E-state index in [0.717, 1.165) is 38.5 Å². The highest BCUT2D eigenvalue weighted by atomic mass is 16.3. The number of rotatable bonds is 2. The molecule has 0 aromatic carbocycles.